The normalized spacial score (nSPS) is 21.1. The van der Waals surface area contributed by atoms with Gasteiger partial charge in [0.15, 0.2) is 0 Å². The average Bonchev–Trinajstić information content (AvgIpc) is 2.72. The van der Waals surface area contributed by atoms with E-state index in [0.717, 1.165) is 12.8 Å². The zero-order valence-corrected chi connectivity index (χ0v) is 11.8. The molecule has 0 aromatic carbocycles. The molecule has 7 heteroatoms. The largest absolute Gasteiger partial charge is 0.391 e. The SMILES string of the molecule is Cc1sc(CO)cc1S(=O)(=O)NC1CCCOC1. The van der Waals surface area contributed by atoms with Crippen molar-refractivity contribution in [3.63, 3.8) is 0 Å². The molecule has 2 rings (SSSR count). The van der Waals surface area contributed by atoms with Crippen molar-refractivity contribution in [2.75, 3.05) is 13.2 Å². The second kappa shape index (κ2) is 5.66. The molecule has 0 spiro atoms. The van der Waals surface area contributed by atoms with Crippen LogP contribution < -0.4 is 4.72 Å². The van der Waals surface area contributed by atoms with Gasteiger partial charge in [-0.1, -0.05) is 0 Å². The van der Waals surface area contributed by atoms with E-state index in [4.69, 9.17) is 9.84 Å². The molecule has 1 aromatic heterocycles. The van der Waals surface area contributed by atoms with Gasteiger partial charge in [-0.05, 0) is 25.8 Å². The fraction of sp³-hybridized carbons (Fsp3) is 0.636. The second-order valence-corrected chi connectivity index (χ2v) is 7.35. The van der Waals surface area contributed by atoms with Gasteiger partial charge in [-0.3, -0.25) is 0 Å². The molecule has 0 amide bonds. The van der Waals surface area contributed by atoms with Gasteiger partial charge in [0.25, 0.3) is 0 Å². The topological polar surface area (TPSA) is 75.6 Å². The smallest absolute Gasteiger partial charge is 0.242 e. The molecule has 2 N–H and O–H groups in total. The first-order chi connectivity index (χ1) is 8.53. The van der Waals surface area contributed by atoms with Crippen molar-refractivity contribution in [3.8, 4) is 0 Å². The quantitative estimate of drug-likeness (QED) is 0.868. The Bertz CT molecular complexity index is 503. The highest BCUT2D eigenvalue weighted by Gasteiger charge is 2.25. The van der Waals surface area contributed by atoms with Crippen LogP contribution in [0.3, 0.4) is 0 Å². The molecule has 0 aliphatic carbocycles. The number of sulfonamides is 1. The van der Waals surface area contributed by atoms with Crippen molar-refractivity contribution in [1.29, 1.82) is 0 Å². The number of rotatable bonds is 4. The summed E-state index contributed by atoms with van der Waals surface area (Å²) in [7, 11) is -3.51. The molecule has 0 bridgehead atoms. The van der Waals surface area contributed by atoms with Crippen molar-refractivity contribution in [3.05, 3.63) is 15.8 Å². The standard InChI is InChI=1S/C11H17NO4S2/c1-8-11(5-10(6-13)17-8)18(14,15)12-9-3-2-4-16-7-9/h5,9,12-13H,2-4,6-7H2,1H3. The van der Waals surface area contributed by atoms with Crippen LogP contribution in [0.15, 0.2) is 11.0 Å². The van der Waals surface area contributed by atoms with Gasteiger partial charge in [0.05, 0.1) is 18.1 Å². The average molecular weight is 291 g/mol. The minimum Gasteiger partial charge on any atom is -0.391 e. The number of aliphatic hydroxyl groups is 1. The highest BCUT2D eigenvalue weighted by Crippen LogP contribution is 2.26. The molecule has 18 heavy (non-hydrogen) atoms. The lowest BCUT2D eigenvalue weighted by atomic mass is 10.1. The molecule has 1 atom stereocenters. The Kier molecular flexibility index (Phi) is 4.39. The lowest BCUT2D eigenvalue weighted by molar-refractivity contribution is 0.0774. The van der Waals surface area contributed by atoms with Crippen molar-refractivity contribution in [2.24, 2.45) is 0 Å². The summed E-state index contributed by atoms with van der Waals surface area (Å²) in [5.41, 5.74) is 0. The van der Waals surface area contributed by atoms with Gasteiger partial charge in [-0.15, -0.1) is 11.3 Å². The van der Waals surface area contributed by atoms with E-state index in [1.807, 2.05) is 0 Å². The molecule has 1 saturated heterocycles. The summed E-state index contributed by atoms with van der Waals surface area (Å²) in [6.07, 6.45) is 1.67. The summed E-state index contributed by atoms with van der Waals surface area (Å²) >= 11 is 1.30. The monoisotopic (exact) mass is 291 g/mol. The highest BCUT2D eigenvalue weighted by atomic mass is 32.2. The molecule has 1 aliphatic heterocycles. The van der Waals surface area contributed by atoms with Gasteiger partial charge in [0.1, 0.15) is 0 Å². The third-order valence-electron chi connectivity index (χ3n) is 2.85. The molecule has 1 aromatic rings. The summed E-state index contributed by atoms with van der Waals surface area (Å²) in [4.78, 5) is 1.62. The van der Waals surface area contributed by atoms with Crippen molar-refractivity contribution in [2.45, 2.75) is 37.3 Å². The Morgan fingerprint density at radius 2 is 2.39 bits per heavy atom. The number of thiophene rings is 1. The van der Waals surface area contributed by atoms with E-state index in [1.165, 1.54) is 17.4 Å². The second-order valence-electron chi connectivity index (χ2n) is 4.33. The zero-order chi connectivity index (χ0) is 13.2. The van der Waals surface area contributed by atoms with Crippen LogP contribution in [0.5, 0.6) is 0 Å². The van der Waals surface area contributed by atoms with Gasteiger partial charge >= 0.3 is 0 Å². The van der Waals surface area contributed by atoms with Crippen LogP contribution in [0.2, 0.25) is 0 Å². The molecule has 2 heterocycles. The van der Waals surface area contributed by atoms with Crippen LogP contribution in [0.1, 0.15) is 22.6 Å². The fourth-order valence-electron chi connectivity index (χ4n) is 1.99. The summed E-state index contributed by atoms with van der Waals surface area (Å²) < 4.78 is 32.3. The van der Waals surface area contributed by atoms with Crippen molar-refractivity contribution < 1.29 is 18.3 Å². The predicted molar refractivity (Wildman–Crippen MR) is 69.1 cm³/mol. The van der Waals surface area contributed by atoms with Gasteiger partial charge in [-0.2, -0.15) is 0 Å². The number of aliphatic hydroxyl groups excluding tert-OH is 1. The van der Waals surface area contributed by atoms with Gasteiger partial charge < -0.3 is 9.84 Å². The maximum atomic E-state index is 12.2. The maximum absolute atomic E-state index is 12.2. The van der Waals surface area contributed by atoms with Gasteiger partial charge in [0, 0.05) is 22.4 Å². The summed E-state index contributed by atoms with van der Waals surface area (Å²) in [6.45, 7) is 2.74. The fourth-order valence-corrected chi connectivity index (χ4v) is 4.74. The van der Waals surface area contributed by atoms with E-state index >= 15 is 0 Å². The Balaban J connectivity index is 2.16. The van der Waals surface area contributed by atoms with Crippen LogP contribution in [-0.4, -0.2) is 32.8 Å². The third kappa shape index (κ3) is 3.10. The lowest BCUT2D eigenvalue weighted by Gasteiger charge is -2.22. The molecule has 0 radical (unpaired) electrons. The van der Waals surface area contributed by atoms with Crippen LogP contribution in [0.25, 0.3) is 0 Å². The molecule has 0 saturated carbocycles. The summed E-state index contributed by atoms with van der Waals surface area (Å²) in [6, 6.07) is 1.38. The van der Waals surface area contributed by atoms with E-state index in [0.29, 0.717) is 23.0 Å². The Morgan fingerprint density at radius 1 is 1.61 bits per heavy atom. The molecular weight excluding hydrogens is 274 g/mol. The molecule has 1 fully saturated rings. The molecule has 102 valence electrons. The minimum absolute atomic E-state index is 0.131. The third-order valence-corrected chi connectivity index (χ3v) is 5.66. The molecular formula is C11H17NO4S2. The Hall–Kier alpha value is -0.470. The first-order valence-electron chi connectivity index (χ1n) is 5.83. The van der Waals surface area contributed by atoms with Crippen molar-refractivity contribution in [1.82, 2.24) is 4.72 Å². The Morgan fingerprint density at radius 3 is 2.94 bits per heavy atom. The van der Waals surface area contributed by atoms with E-state index in [1.54, 1.807) is 6.92 Å². The highest BCUT2D eigenvalue weighted by molar-refractivity contribution is 7.89. The Labute approximate surface area is 111 Å². The first-order valence-corrected chi connectivity index (χ1v) is 8.13. The summed E-state index contributed by atoms with van der Waals surface area (Å²) in [5.74, 6) is 0. The number of aryl methyl sites for hydroxylation is 1. The van der Waals surface area contributed by atoms with E-state index in [-0.39, 0.29) is 17.5 Å². The number of hydrogen-bond acceptors (Lipinski definition) is 5. The minimum atomic E-state index is -3.51. The number of nitrogens with one attached hydrogen (secondary N) is 1. The van der Waals surface area contributed by atoms with E-state index in [9.17, 15) is 8.42 Å². The summed E-state index contributed by atoms with van der Waals surface area (Å²) in [5, 5.41) is 9.04. The molecule has 5 nitrogen and oxygen atoms in total. The van der Waals surface area contributed by atoms with Crippen LogP contribution in [-0.2, 0) is 21.4 Å². The number of ether oxygens (including phenoxy) is 1. The van der Waals surface area contributed by atoms with Crippen LogP contribution >= 0.6 is 11.3 Å². The molecule has 1 aliphatic rings. The molecule has 1 unspecified atom stereocenters. The van der Waals surface area contributed by atoms with Crippen LogP contribution in [0.4, 0.5) is 0 Å². The van der Waals surface area contributed by atoms with Crippen molar-refractivity contribution >= 4 is 21.4 Å². The number of hydrogen-bond donors (Lipinski definition) is 2. The van der Waals surface area contributed by atoms with Crippen LogP contribution in [0, 0.1) is 6.92 Å². The zero-order valence-electron chi connectivity index (χ0n) is 10.2. The first kappa shape index (κ1) is 14.0. The lowest BCUT2D eigenvalue weighted by Crippen LogP contribution is -2.40. The predicted octanol–water partition coefficient (Wildman–Crippen LogP) is 1.01. The van der Waals surface area contributed by atoms with Gasteiger partial charge in [0.2, 0.25) is 10.0 Å². The van der Waals surface area contributed by atoms with E-state index in [2.05, 4.69) is 4.72 Å². The van der Waals surface area contributed by atoms with E-state index < -0.39 is 10.0 Å². The van der Waals surface area contributed by atoms with Gasteiger partial charge in [-0.25, -0.2) is 13.1 Å². The maximum Gasteiger partial charge on any atom is 0.242 e.